The first-order valence-electron chi connectivity index (χ1n) is 6.07. The van der Waals surface area contributed by atoms with Gasteiger partial charge in [0.05, 0.1) is 12.2 Å². The maximum Gasteiger partial charge on any atom is 0.137 e. The van der Waals surface area contributed by atoms with Crippen molar-refractivity contribution in [2.45, 2.75) is 4.90 Å². The molecule has 2 aromatic carbocycles. The largest absolute Gasteiger partial charge is 0.492 e. The lowest BCUT2D eigenvalue weighted by molar-refractivity contribution is 0.341. The van der Waals surface area contributed by atoms with Crippen molar-refractivity contribution in [2.75, 3.05) is 12.4 Å². The minimum absolute atomic E-state index is 0.00816. The highest BCUT2D eigenvalue weighted by Crippen LogP contribution is 2.22. The van der Waals surface area contributed by atoms with Crippen LogP contribution in [0.1, 0.15) is 5.56 Å². The molecule has 0 radical (unpaired) electrons. The van der Waals surface area contributed by atoms with Crippen LogP contribution in [0, 0.1) is 5.82 Å². The van der Waals surface area contributed by atoms with Crippen molar-refractivity contribution in [1.82, 2.24) is 0 Å². The number of hydrogen-bond acceptors (Lipinski definition) is 3. The first-order chi connectivity index (χ1) is 9.68. The Morgan fingerprint density at radius 3 is 2.60 bits per heavy atom. The number of hydrogen-bond donors (Lipinski definition) is 1. The zero-order chi connectivity index (χ0) is 14.4. The normalized spacial score (nSPS) is 10.2. The minimum atomic E-state index is -0.453. The fourth-order valence-electron chi connectivity index (χ4n) is 1.69. The van der Waals surface area contributed by atoms with E-state index in [4.69, 9.17) is 22.7 Å². The van der Waals surface area contributed by atoms with E-state index in [1.807, 2.05) is 30.3 Å². The smallest absolute Gasteiger partial charge is 0.137 e. The highest BCUT2D eigenvalue weighted by Gasteiger charge is 2.11. The van der Waals surface area contributed by atoms with Gasteiger partial charge in [0.25, 0.3) is 0 Å². The lowest BCUT2D eigenvalue weighted by Crippen LogP contribution is -2.14. The quantitative estimate of drug-likeness (QED) is 0.502. The van der Waals surface area contributed by atoms with E-state index in [2.05, 4.69) is 0 Å². The molecule has 2 N–H and O–H groups in total. The van der Waals surface area contributed by atoms with Crippen LogP contribution in [0.4, 0.5) is 4.39 Å². The van der Waals surface area contributed by atoms with Gasteiger partial charge in [0.15, 0.2) is 0 Å². The van der Waals surface area contributed by atoms with Gasteiger partial charge in [0.2, 0.25) is 0 Å². The van der Waals surface area contributed by atoms with Crippen LogP contribution in [-0.4, -0.2) is 17.3 Å². The Bertz CT molecular complexity index is 590. The zero-order valence-electron chi connectivity index (χ0n) is 10.7. The zero-order valence-corrected chi connectivity index (χ0v) is 12.3. The summed E-state index contributed by atoms with van der Waals surface area (Å²) in [6.07, 6.45) is 0. The van der Waals surface area contributed by atoms with Crippen molar-refractivity contribution in [3.8, 4) is 5.75 Å². The average Bonchev–Trinajstić information content (AvgIpc) is 2.44. The van der Waals surface area contributed by atoms with E-state index in [1.54, 1.807) is 23.9 Å². The third kappa shape index (κ3) is 3.95. The van der Waals surface area contributed by atoms with E-state index in [0.717, 1.165) is 5.75 Å². The third-order valence-corrected chi connectivity index (χ3v) is 3.76. The van der Waals surface area contributed by atoms with Gasteiger partial charge in [-0.25, -0.2) is 4.39 Å². The predicted octanol–water partition coefficient (Wildman–Crippen LogP) is 3.63. The van der Waals surface area contributed by atoms with Gasteiger partial charge < -0.3 is 10.5 Å². The van der Waals surface area contributed by atoms with Crippen LogP contribution in [0.25, 0.3) is 0 Å². The van der Waals surface area contributed by atoms with E-state index >= 15 is 0 Å². The molecule has 0 bridgehead atoms. The monoisotopic (exact) mass is 307 g/mol. The van der Waals surface area contributed by atoms with Gasteiger partial charge >= 0.3 is 0 Å². The summed E-state index contributed by atoms with van der Waals surface area (Å²) in [4.78, 5) is 1.18. The number of halogens is 1. The lowest BCUT2D eigenvalue weighted by atomic mass is 10.2. The summed E-state index contributed by atoms with van der Waals surface area (Å²) in [5.74, 6) is 0.703. The molecular formula is C15H14FNOS2. The second-order valence-electron chi connectivity index (χ2n) is 3.99. The predicted molar refractivity (Wildman–Crippen MR) is 84.9 cm³/mol. The summed E-state index contributed by atoms with van der Waals surface area (Å²) in [6.45, 7) is 0.457. The van der Waals surface area contributed by atoms with Crippen molar-refractivity contribution in [1.29, 1.82) is 0 Å². The minimum Gasteiger partial charge on any atom is -0.492 e. The van der Waals surface area contributed by atoms with Crippen molar-refractivity contribution >= 4 is 29.0 Å². The van der Waals surface area contributed by atoms with Gasteiger partial charge in [-0.3, -0.25) is 0 Å². The van der Waals surface area contributed by atoms with E-state index in [-0.39, 0.29) is 10.6 Å². The molecule has 0 atom stereocenters. The summed E-state index contributed by atoms with van der Waals surface area (Å²) in [5.41, 5.74) is 5.69. The molecule has 0 heterocycles. The van der Waals surface area contributed by atoms with Gasteiger partial charge in [0.1, 0.15) is 16.6 Å². The fraction of sp³-hybridized carbons (Fsp3) is 0.133. The van der Waals surface area contributed by atoms with Crippen LogP contribution in [0.2, 0.25) is 0 Å². The molecule has 20 heavy (non-hydrogen) atoms. The lowest BCUT2D eigenvalue weighted by Gasteiger charge is -2.11. The van der Waals surface area contributed by atoms with Gasteiger partial charge in [-0.05, 0) is 24.3 Å². The molecule has 0 aliphatic rings. The second-order valence-corrected chi connectivity index (χ2v) is 5.60. The highest BCUT2D eigenvalue weighted by molar-refractivity contribution is 7.99. The molecule has 0 aliphatic carbocycles. The van der Waals surface area contributed by atoms with Crippen molar-refractivity contribution < 1.29 is 9.13 Å². The standard InChI is InChI=1S/C15H14FNOS2/c16-12-7-4-8-13(14(12)15(17)19)18-9-10-20-11-5-2-1-3-6-11/h1-8H,9-10H2,(H2,17,19). The molecule has 2 nitrogen and oxygen atoms in total. The first-order valence-corrected chi connectivity index (χ1v) is 7.47. The molecule has 2 rings (SSSR count). The summed E-state index contributed by atoms with van der Waals surface area (Å²) in [5, 5.41) is 0. The third-order valence-electron chi connectivity index (χ3n) is 2.57. The fourth-order valence-corrected chi connectivity index (χ4v) is 2.64. The molecule has 0 amide bonds. The maximum atomic E-state index is 13.6. The van der Waals surface area contributed by atoms with E-state index in [1.165, 1.54) is 11.0 Å². The van der Waals surface area contributed by atoms with Gasteiger partial charge in [-0.2, -0.15) is 0 Å². The van der Waals surface area contributed by atoms with Gasteiger partial charge in [-0.15, -0.1) is 11.8 Å². The van der Waals surface area contributed by atoms with Crippen molar-refractivity contribution in [3.63, 3.8) is 0 Å². The number of thioether (sulfide) groups is 1. The van der Waals surface area contributed by atoms with Crippen LogP contribution >= 0.6 is 24.0 Å². The molecule has 0 unspecified atom stereocenters. The van der Waals surface area contributed by atoms with Crippen LogP contribution in [-0.2, 0) is 0 Å². The first kappa shape index (κ1) is 14.8. The number of rotatable bonds is 6. The van der Waals surface area contributed by atoms with Crippen LogP contribution in [0.5, 0.6) is 5.75 Å². The molecule has 2 aromatic rings. The highest BCUT2D eigenvalue weighted by atomic mass is 32.2. The van der Waals surface area contributed by atoms with Crippen LogP contribution in [0.3, 0.4) is 0 Å². The van der Waals surface area contributed by atoms with Gasteiger partial charge in [-0.1, -0.05) is 36.5 Å². The molecule has 104 valence electrons. The number of benzene rings is 2. The van der Waals surface area contributed by atoms with Crippen LogP contribution in [0.15, 0.2) is 53.4 Å². The molecular weight excluding hydrogens is 293 g/mol. The summed E-state index contributed by atoms with van der Waals surface area (Å²) in [6, 6.07) is 14.6. The average molecular weight is 307 g/mol. The summed E-state index contributed by atoms with van der Waals surface area (Å²) in [7, 11) is 0. The van der Waals surface area contributed by atoms with Crippen molar-refractivity contribution in [3.05, 3.63) is 59.9 Å². The number of thiocarbonyl (C=S) groups is 1. The van der Waals surface area contributed by atoms with Crippen LogP contribution < -0.4 is 10.5 Å². The maximum absolute atomic E-state index is 13.6. The molecule has 0 saturated heterocycles. The molecule has 0 aromatic heterocycles. The Kier molecular flexibility index (Phi) is 5.38. The SMILES string of the molecule is NC(=S)c1c(F)cccc1OCCSc1ccccc1. The topological polar surface area (TPSA) is 35.2 Å². The van der Waals surface area contributed by atoms with E-state index in [0.29, 0.717) is 12.4 Å². The second kappa shape index (κ2) is 7.26. The molecule has 0 saturated carbocycles. The van der Waals surface area contributed by atoms with E-state index < -0.39 is 5.82 Å². The Morgan fingerprint density at radius 1 is 1.15 bits per heavy atom. The summed E-state index contributed by atoms with van der Waals surface area (Å²) < 4.78 is 19.2. The summed E-state index contributed by atoms with van der Waals surface area (Å²) >= 11 is 6.52. The Hall–Kier alpha value is -1.59. The van der Waals surface area contributed by atoms with E-state index in [9.17, 15) is 4.39 Å². The van der Waals surface area contributed by atoms with Gasteiger partial charge in [0, 0.05) is 10.6 Å². The molecule has 5 heteroatoms. The Morgan fingerprint density at radius 2 is 1.90 bits per heavy atom. The molecule has 0 fully saturated rings. The Labute approximate surface area is 127 Å². The molecule has 0 aliphatic heterocycles. The Balaban J connectivity index is 1.92. The van der Waals surface area contributed by atoms with Crippen molar-refractivity contribution in [2.24, 2.45) is 5.73 Å². The molecule has 0 spiro atoms. The number of nitrogens with two attached hydrogens (primary N) is 1. The number of ether oxygens (including phenoxy) is 1.